The summed E-state index contributed by atoms with van der Waals surface area (Å²) in [5.41, 5.74) is 4.98. The zero-order valence-electron chi connectivity index (χ0n) is 17.7. The maximum Gasteiger partial charge on any atom is 0.191 e. The van der Waals surface area contributed by atoms with E-state index in [-0.39, 0.29) is 18.1 Å². The van der Waals surface area contributed by atoms with Gasteiger partial charge in [-0.3, -0.25) is 0 Å². The Morgan fingerprint density at radius 3 is 2.33 bits per heavy atom. The second kappa shape index (κ2) is 9.33. The maximum absolute atomic E-state index is 6.18. The fraction of sp³-hybridized carbons (Fsp3) is 0.308. The van der Waals surface area contributed by atoms with Crippen molar-refractivity contribution in [1.29, 1.82) is 0 Å². The predicted molar refractivity (Wildman–Crippen MR) is 117 cm³/mol. The highest BCUT2D eigenvalue weighted by molar-refractivity contribution is 5.49. The third-order valence-corrected chi connectivity index (χ3v) is 5.70. The minimum atomic E-state index is -0.377. The number of aryl methyl sites for hydroxylation is 1. The molecule has 0 bridgehead atoms. The number of methoxy groups -OCH3 is 2. The van der Waals surface area contributed by atoms with Crippen LogP contribution in [-0.2, 0) is 9.47 Å². The Kier molecular flexibility index (Phi) is 6.36. The molecule has 4 nitrogen and oxygen atoms in total. The first-order valence-corrected chi connectivity index (χ1v) is 10.3. The maximum atomic E-state index is 6.18. The lowest BCUT2D eigenvalue weighted by Crippen LogP contribution is -2.25. The van der Waals surface area contributed by atoms with Crippen LogP contribution in [0.2, 0.25) is 0 Å². The molecule has 2 atom stereocenters. The van der Waals surface area contributed by atoms with E-state index in [4.69, 9.17) is 18.9 Å². The Bertz CT molecular complexity index is 949. The Morgan fingerprint density at radius 1 is 0.900 bits per heavy atom. The van der Waals surface area contributed by atoms with Crippen LogP contribution >= 0.6 is 0 Å². The lowest BCUT2D eigenvalue weighted by atomic mass is 9.76. The van der Waals surface area contributed by atoms with E-state index in [2.05, 4.69) is 67.6 Å². The van der Waals surface area contributed by atoms with Gasteiger partial charge < -0.3 is 18.9 Å². The average Bonchev–Trinajstić information content (AvgIpc) is 2.80. The molecule has 0 N–H and O–H groups in total. The second-order valence-corrected chi connectivity index (χ2v) is 7.63. The molecule has 0 spiro atoms. The van der Waals surface area contributed by atoms with E-state index < -0.39 is 0 Å². The van der Waals surface area contributed by atoms with Gasteiger partial charge in [0, 0.05) is 31.6 Å². The molecule has 1 heterocycles. The number of fused-ring (bicyclic) bond motifs is 1. The molecule has 0 amide bonds. The van der Waals surface area contributed by atoms with Crippen molar-refractivity contribution in [3.8, 4) is 11.5 Å². The molecule has 1 aliphatic rings. The van der Waals surface area contributed by atoms with Gasteiger partial charge in [0.2, 0.25) is 0 Å². The highest BCUT2D eigenvalue weighted by Crippen LogP contribution is 2.46. The summed E-state index contributed by atoms with van der Waals surface area (Å²) >= 11 is 0. The highest BCUT2D eigenvalue weighted by atomic mass is 16.7. The van der Waals surface area contributed by atoms with Crippen molar-refractivity contribution < 1.29 is 18.9 Å². The van der Waals surface area contributed by atoms with Crippen molar-refractivity contribution in [3.63, 3.8) is 0 Å². The molecule has 0 saturated carbocycles. The molecule has 0 aromatic heterocycles. The van der Waals surface area contributed by atoms with E-state index in [1.165, 1.54) is 22.3 Å². The summed E-state index contributed by atoms with van der Waals surface area (Å²) in [5, 5.41) is 0. The molecule has 0 unspecified atom stereocenters. The average molecular weight is 405 g/mol. The molecular formula is C26H28O4. The first-order chi connectivity index (χ1) is 14.7. The van der Waals surface area contributed by atoms with Crippen molar-refractivity contribution in [1.82, 2.24) is 0 Å². The molecule has 30 heavy (non-hydrogen) atoms. The van der Waals surface area contributed by atoms with Crippen molar-refractivity contribution in [2.45, 2.75) is 25.0 Å². The van der Waals surface area contributed by atoms with Gasteiger partial charge in [-0.1, -0.05) is 54.6 Å². The second-order valence-electron chi connectivity index (χ2n) is 7.63. The molecule has 0 aliphatic carbocycles. The van der Waals surface area contributed by atoms with Gasteiger partial charge in [0.1, 0.15) is 18.1 Å². The molecule has 3 aromatic rings. The number of hydrogen-bond donors (Lipinski definition) is 0. The van der Waals surface area contributed by atoms with Gasteiger partial charge in [-0.25, -0.2) is 0 Å². The van der Waals surface area contributed by atoms with E-state index in [0.29, 0.717) is 13.2 Å². The van der Waals surface area contributed by atoms with Crippen LogP contribution in [0.5, 0.6) is 11.5 Å². The molecular weight excluding hydrogens is 376 g/mol. The van der Waals surface area contributed by atoms with Crippen LogP contribution in [0.25, 0.3) is 0 Å². The van der Waals surface area contributed by atoms with E-state index in [1.807, 2.05) is 12.1 Å². The molecule has 3 aromatic carbocycles. The monoisotopic (exact) mass is 404 g/mol. The number of rotatable bonds is 7. The van der Waals surface area contributed by atoms with E-state index in [9.17, 15) is 0 Å². The van der Waals surface area contributed by atoms with Crippen molar-refractivity contribution in [2.75, 3.05) is 27.4 Å². The van der Waals surface area contributed by atoms with Crippen molar-refractivity contribution in [2.24, 2.45) is 0 Å². The number of hydrogen-bond acceptors (Lipinski definition) is 4. The topological polar surface area (TPSA) is 36.9 Å². The highest BCUT2D eigenvalue weighted by Gasteiger charge is 2.33. The molecule has 156 valence electrons. The van der Waals surface area contributed by atoms with Crippen LogP contribution in [0.3, 0.4) is 0 Å². The van der Waals surface area contributed by atoms with Gasteiger partial charge in [-0.15, -0.1) is 0 Å². The van der Waals surface area contributed by atoms with E-state index >= 15 is 0 Å². The Balaban J connectivity index is 1.65. The van der Waals surface area contributed by atoms with Gasteiger partial charge in [0.25, 0.3) is 0 Å². The van der Waals surface area contributed by atoms with Gasteiger partial charge >= 0.3 is 0 Å². The zero-order valence-corrected chi connectivity index (χ0v) is 17.7. The molecule has 0 saturated heterocycles. The summed E-state index contributed by atoms with van der Waals surface area (Å²) in [6.45, 7) is 3.10. The normalized spacial score (nSPS) is 18.0. The van der Waals surface area contributed by atoms with Crippen LogP contribution in [-0.4, -0.2) is 33.7 Å². The van der Waals surface area contributed by atoms with E-state index in [0.717, 1.165) is 11.5 Å². The Labute approximate surface area is 178 Å². The fourth-order valence-corrected chi connectivity index (χ4v) is 4.08. The first kappa shape index (κ1) is 20.5. The summed E-state index contributed by atoms with van der Waals surface area (Å²) in [7, 11) is 3.21. The molecule has 1 aliphatic heterocycles. The number of benzene rings is 3. The largest absolute Gasteiger partial charge is 0.493 e. The smallest absolute Gasteiger partial charge is 0.191 e. The first-order valence-electron chi connectivity index (χ1n) is 10.3. The summed E-state index contributed by atoms with van der Waals surface area (Å²) < 4.78 is 22.4. The molecule has 4 heteroatoms. The predicted octanol–water partition coefficient (Wildman–Crippen LogP) is 5.30. The lowest BCUT2D eigenvalue weighted by molar-refractivity contribution is -0.121. The van der Waals surface area contributed by atoms with Gasteiger partial charge in [-0.2, -0.15) is 0 Å². The van der Waals surface area contributed by atoms with Crippen LogP contribution in [0.15, 0.2) is 72.8 Å². The quantitative estimate of drug-likeness (QED) is 0.501. The van der Waals surface area contributed by atoms with Gasteiger partial charge in [-0.05, 0) is 41.8 Å². The summed E-state index contributed by atoms with van der Waals surface area (Å²) in [6, 6.07) is 25.5. The van der Waals surface area contributed by atoms with Crippen molar-refractivity contribution >= 4 is 0 Å². The van der Waals surface area contributed by atoms with Crippen LogP contribution in [0, 0.1) is 6.92 Å². The lowest BCUT2D eigenvalue weighted by Gasteiger charge is -2.34. The van der Waals surface area contributed by atoms with Crippen molar-refractivity contribution in [3.05, 3.63) is 95.1 Å². The minimum absolute atomic E-state index is 0.219. The fourth-order valence-electron chi connectivity index (χ4n) is 4.08. The molecule has 0 fully saturated rings. The summed E-state index contributed by atoms with van der Waals surface area (Å²) in [6.07, 6.45) is -0.377. The van der Waals surface area contributed by atoms with Gasteiger partial charge in [0.15, 0.2) is 6.29 Å². The third-order valence-electron chi connectivity index (χ3n) is 5.70. The number of ether oxygens (including phenoxy) is 4. The standard InChI is InChI=1S/C26H28O4/c1-18-9-14-22-24(15-18)30-16-23(19-7-5-4-6-8-19)26(22)20-10-12-21(13-11-20)29-17-25(27-2)28-3/h4-15,23,25-26H,16-17H2,1-3H3/t23-,26-/m1/s1. The Morgan fingerprint density at radius 2 is 1.63 bits per heavy atom. The summed E-state index contributed by atoms with van der Waals surface area (Å²) in [5.74, 6) is 2.25. The van der Waals surface area contributed by atoms with Crippen LogP contribution in [0.4, 0.5) is 0 Å². The SMILES string of the molecule is COC(COc1ccc([C@@H]2c3ccc(C)cc3OC[C@@H]2c2ccccc2)cc1)OC. The third kappa shape index (κ3) is 4.35. The van der Waals surface area contributed by atoms with Crippen LogP contribution < -0.4 is 9.47 Å². The molecule has 4 rings (SSSR count). The molecule has 0 radical (unpaired) electrons. The zero-order chi connectivity index (χ0) is 20.9. The van der Waals surface area contributed by atoms with E-state index in [1.54, 1.807) is 14.2 Å². The van der Waals surface area contributed by atoms with Crippen LogP contribution in [0.1, 0.15) is 34.1 Å². The minimum Gasteiger partial charge on any atom is -0.493 e. The summed E-state index contributed by atoms with van der Waals surface area (Å²) in [4.78, 5) is 0. The Hall–Kier alpha value is -2.82. The van der Waals surface area contributed by atoms with Gasteiger partial charge in [0.05, 0.1) is 6.61 Å².